The molecule has 1 N–H and O–H groups in total. The third kappa shape index (κ3) is 4.58. The van der Waals surface area contributed by atoms with Gasteiger partial charge in [-0.1, -0.05) is 18.2 Å². The predicted molar refractivity (Wildman–Crippen MR) is 90.5 cm³/mol. The van der Waals surface area contributed by atoms with Gasteiger partial charge < -0.3 is 10.1 Å². The van der Waals surface area contributed by atoms with Crippen LogP contribution < -0.4 is 10.1 Å². The summed E-state index contributed by atoms with van der Waals surface area (Å²) in [5, 5.41) is 7.40. The highest BCUT2D eigenvalue weighted by atomic mass is 16.5. The lowest BCUT2D eigenvalue weighted by molar-refractivity contribution is -0.122. The summed E-state index contributed by atoms with van der Waals surface area (Å²) in [5.74, 6) is 0.832. The van der Waals surface area contributed by atoms with E-state index in [2.05, 4.69) is 10.4 Å². The van der Waals surface area contributed by atoms with Gasteiger partial charge in [-0.05, 0) is 39.8 Å². The standard InChI is InChI=1S/C18H25N3O2/c1-5-23-17-9-7-6-8-16(17)12-19-18(22)11-15(4)21-14(3)10-13(2)20-21/h6-10,15H,5,11-12H2,1-4H3,(H,19,22)/t15-/m1/s1. The molecule has 124 valence electrons. The van der Waals surface area contributed by atoms with E-state index < -0.39 is 0 Å². The van der Waals surface area contributed by atoms with Crippen LogP contribution in [0.1, 0.15) is 43.3 Å². The molecule has 0 aliphatic rings. The van der Waals surface area contributed by atoms with Gasteiger partial charge in [-0.25, -0.2) is 0 Å². The molecular weight excluding hydrogens is 290 g/mol. The van der Waals surface area contributed by atoms with Crippen LogP contribution in [0.15, 0.2) is 30.3 Å². The highest BCUT2D eigenvalue weighted by Crippen LogP contribution is 2.18. The first kappa shape index (κ1) is 17.1. The topological polar surface area (TPSA) is 56.1 Å². The largest absolute Gasteiger partial charge is 0.494 e. The van der Waals surface area contributed by atoms with E-state index in [0.29, 0.717) is 19.6 Å². The normalized spacial score (nSPS) is 12.0. The van der Waals surface area contributed by atoms with Gasteiger partial charge >= 0.3 is 0 Å². The second kappa shape index (κ2) is 7.81. The van der Waals surface area contributed by atoms with Gasteiger partial charge in [0.2, 0.25) is 5.91 Å². The Hall–Kier alpha value is -2.30. The van der Waals surface area contributed by atoms with Gasteiger partial charge in [0.25, 0.3) is 0 Å². The number of amides is 1. The first-order valence-electron chi connectivity index (χ1n) is 8.01. The second-order valence-corrected chi connectivity index (χ2v) is 5.74. The quantitative estimate of drug-likeness (QED) is 0.854. The van der Waals surface area contributed by atoms with Crippen molar-refractivity contribution in [1.29, 1.82) is 0 Å². The summed E-state index contributed by atoms with van der Waals surface area (Å²) < 4.78 is 7.48. The van der Waals surface area contributed by atoms with Crippen LogP contribution in [0.2, 0.25) is 0 Å². The van der Waals surface area contributed by atoms with Gasteiger partial charge in [-0.2, -0.15) is 5.10 Å². The number of carbonyl (C=O) groups is 1. The minimum Gasteiger partial charge on any atom is -0.494 e. The molecule has 1 aromatic heterocycles. The van der Waals surface area contributed by atoms with Gasteiger partial charge in [-0.15, -0.1) is 0 Å². The maximum atomic E-state index is 12.2. The van der Waals surface area contributed by atoms with Crippen molar-refractivity contribution >= 4 is 5.91 Å². The molecule has 1 aromatic carbocycles. The van der Waals surface area contributed by atoms with Gasteiger partial charge in [0.15, 0.2) is 0 Å². The summed E-state index contributed by atoms with van der Waals surface area (Å²) in [4.78, 5) is 12.2. The molecule has 2 rings (SSSR count). The van der Waals surface area contributed by atoms with Gasteiger partial charge in [-0.3, -0.25) is 9.48 Å². The Bertz CT molecular complexity index is 664. The van der Waals surface area contributed by atoms with E-state index in [1.165, 1.54) is 0 Å². The number of rotatable bonds is 7. The van der Waals surface area contributed by atoms with E-state index in [4.69, 9.17) is 4.74 Å². The number of carbonyl (C=O) groups excluding carboxylic acids is 1. The number of ether oxygens (including phenoxy) is 1. The average Bonchev–Trinajstić information content (AvgIpc) is 2.85. The highest BCUT2D eigenvalue weighted by Gasteiger charge is 2.14. The molecule has 2 aromatic rings. The van der Waals surface area contributed by atoms with Gasteiger partial charge in [0.05, 0.1) is 18.3 Å². The molecule has 0 saturated carbocycles. The predicted octanol–water partition coefficient (Wildman–Crippen LogP) is 3.17. The highest BCUT2D eigenvalue weighted by molar-refractivity contribution is 5.76. The molecule has 0 radical (unpaired) electrons. The third-order valence-corrected chi connectivity index (χ3v) is 3.69. The molecule has 1 atom stereocenters. The summed E-state index contributed by atoms with van der Waals surface area (Å²) in [7, 11) is 0. The monoisotopic (exact) mass is 315 g/mol. The van der Waals surface area contributed by atoms with Crippen molar-refractivity contribution in [1.82, 2.24) is 15.1 Å². The fraction of sp³-hybridized carbons (Fsp3) is 0.444. The number of para-hydroxylation sites is 1. The average molecular weight is 315 g/mol. The number of nitrogens with zero attached hydrogens (tertiary/aromatic N) is 2. The molecule has 0 fully saturated rings. The van der Waals surface area contributed by atoms with Crippen molar-refractivity contribution in [2.45, 2.75) is 46.7 Å². The summed E-state index contributed by atoms with van der Waals surface area (Å²) >= 11 is 0. The molecule has 1 amide bonds. The Morgan fingerprint density at radius 2 is 2.09 bits per heavy atom. The van der Waals surface area contributed by atoms with Crippen LogP contribution in [0.25, 0.3) is 0 Å². The first-order valence-corrected chi connectivity index (χ1v) is 8.01. The van der Waals surface area contributed by atoms with Crippen LogP contribution in [0, 0.1) is 13.8 Å². The van der Waals surface area contributed by atoms with Crippen molar-refractivity contribution in [2.75, 3.05) is 6.61 Å². The van der Waals surface area contributed by atoms with Crippen molar-refractivity contribution in [3.05, 3.63) is 47.3 Å². The fourth-order valence-corrected chi connectivity index (χ4v) is 2.66. The Labute approximate surface area is 137 Å². The van der Waals surface area contributed by atoms with Crippen LogP contribution in [0.3, 0.4) is 0 Å². The molecule has 5 nitrogen and oxygen atoms in total. The van der Waals surface area contributed by atoms with Crippen LogP contribution in [-0.4, -0.2) is 22.3 Å². The SMILES string of the molecule is CCOc1ccccc1CNC(=O)C[C@@H](C)n1nc(C)cc1C. The molecule has 0 spiro atoms. The zero-order valence-corrected chi connectivity index (χ0v) is 14.3. The number of benzene rings is 1. The minimum absolute atomic E-state index is 0.0105. The van der Waals surface area contributed by atoms with E-state index in [1.54, 1.807) is 0 Å². The van der Waals surface area contributed by atoms with E-state index in [9.17, 15) is 4.79 Å². The Kier molecular flexibility index (Phi) is 5.79. The number of aryl methyl sites for hydroxylation is 2. The number of nitrogens with one attached hydrogen (secondary N) is 1. The van der Waals surface area contributed by atoms with E-state index in [0.717, 1.165) is 22.7 Å². The molecule has 0 saturated heterocycles. The van der Waals surface area contributed by atoms with Crippen LogP contribution in [0.4, 0.5) is 0 Å². The third-order valence-electron chi connectivity index (χ3n) is 3.69. The molecule has 23 heavy (non-hydrogen) atoms. The molecule has 0 bridgehead atoms. The molecule has 1 heterocycles. The second-order valence-electron chi connectivity index (χ2n) is 5.74. The summed E-state index contributed by atoms with van der Waals surface area (Å²) in [6, 6.07) is 9.82. The lowest BCUT2D eigenvalue weighted by Gasteiger charge is -2.15. The Morgan fingerprint density at radius 3 is 2.74 bits per heavy atom. The summed E-state index contributed by atoms with van der Waals surface area (Å²) in [5.41, 5.74) is 3.03. The van der Waals surface area contributed by atoms with Crippen LogP contribution in [-0.2, 0) is 11.3 Å². The van der Waals surface area contributed by atoms with Crippen molar-refractivity contribution in [3.63, 3.8) is 0 Å². The Balaban J connectivity index is 1.91. The van der Waals surface area contributed by atoms with E-state index >= 15 is 0 Å². The molecule has 5 heteroatoms. The van der Waals surface area contributed by atoms with Gasteiger partial charge in [0.1, 0.15) is 5.75 Å². The lowest BCUT2D eigenvalue weighted by Crippen LogP contribution is -2.26. The molecule has 0 aliphatic heterocycles. The number of aromatic nitrogens is 2. The maximum Gasteiger partial charge on any atom is 0.222 e. The summed E-state index contributed by atoms with van der Waals surface area (Å²) in [6.45, 7) is 9.01. The minimum atomic E-state index is 0.0105. The molecule has 0 aliphatic carbocycles. The van der Waals surface area contributed by atoms with Crippen molar-refractivity contribution in [2.24, 2.45) is 0 Å². The van der Waals surface area contributed by atoms with E-state index in [1.807, 2.05) is 62.7 Å². The molecular formula is C18H25N3O2. The maximum absolute atomic E-state index is 12.2. The lowest BCUT2D eigenvalue weighted by atomic mass is 10.2. The van der Waals surface area contributed by atoms with Gasteiger partial charge in [0, 0.05) is 24.2 Å². The smallest absolute Gasteiger partial charge is 0.222 e. The first-order chi connectivity index (χ1) is 11.0. The zero-order chi connectivity index (χ0) is 16.8. The van der Waals surface area contributed by atoms with Crippen LogP contribution >= 0.6 is 0 Å². The van der Waals surface area contributed by atoms with Crippen molar-refractivity contribution < 1.29 is 9.53 Å². The summed E-state index contributed by atoms with van der Waals surface area (Å²) in [6.07, 6.45) is 0.402. The number of hydrogen-bond acceptors (Lipinski definition) is 3. The van der Waals surface area contributed by atoms with Crippen molar-refractivity contribution in [3.8, 4) is 5.75 Å². The number of hydrogen-bond donors (Lipinski definition) is 1. The molecule has 0 unspecified atom stereocenters. The Morgan fingerprint density at radius 1 is 1.35 bits per heavy atom. The fourth-order valence-electron chi connectivity index (χ4n) is 2.66. The van der Waals surface area contributed by atoms with E-state index in [-0.39, 0.29) is 11.9 Å². The van der Waals surface area contributed by atoms with Crippen LogP contribution in [0.5, 0.6) is 5.75 Å². The zero-order valence-electron chi connectivity index (χ0n) is 14.3.